The van der Waals surface area contributed by atoms with Crippen molar-refractivity contribution in [1.82, 2.24) is 24.8 Å². The van der Waals surface area contributed by atoms with Gasteiger partial charge in [-0.1, -0.05) is 6.07 Å². The fraction of sp³-hybridized carbons (Fsp3) is 0.227. The topological polar surface area (TPSA) is 79.3 Å². The third-order valence-electron chi connectivity index (χ3n) is 4.87. The maximum Gasteiger partial charge on any atom is 0.274 e. The smallest absolute Gasteiger partial charge is 0.274 e. The van der Waals surface area contributed by atoms with Crippen LogP contribution in [0.1, 0.15) is 26.4 Å². The standard InChI is InChI=1S/C22H21N5O2S/c28-21(18-3-5-19(6-4-18)30-16-17-2-1-7-23-14-17)26-10-12-27(13-11-26)22(29)20-15-24-8-9-25-20/h1-9,14-15H,10-13,16H2. The number of piperazine rings is 1. The molecule has 1 aliphatic rings. The summed E-state index contributed by atoms with van der Waals surface area (Å²) in [6.07, 6.45) is 8.13. The van der Waals surface area contributed by atoms with Gasteiger partial charge in [0.05, 0.1) is 6.20 Å². The average Bonchev–Trinajstić information content (AvgIpc) is 2.83. The van der Waals surface area contributed by atoms with Gasteiger partial charge in [0.25, 0.3) is 11.8 Å². The van der Waals surface area contributed by atoms with Gasteiger partial charge in [-0.15, -0.1) is 11.8 Å². The molecule has 0 aliphatic carbocycles. The molecule has 7 nitrogen and oxygen atoms in total. The maximum absolute atomic E-state index is 12.8. The van der Waals surface area contributed by atoms with Crippen LogP contribution in [0.3, 0.4) is 0 Å². The van der Waals surface area contributed by atoms with Gasteiger partial charge >= 0.3 is 0 Å². The van der Waals surface area contributed by atoms with Gasteiger partial charge in [0, 0.05) is 67.2 Å². The van der Waals surface area contributed by atoms with E-state index >= 15 is 0 Å². The molecule has 0 spiro atoms. The fourth-order valence-corrected chi connectivity index (χ4v) is 4.04. The van der Waals surface area contributed by atoms with Crippen molar-refractivity contribution >= 4 is 23.6 Å². The molecular weight excluding hydrogens is 398 g/mol. The number of pyridine rings is 1. The van der Waals surface area contributed by atoms with Gasteiger partial charge in [0.2, 0.25) is 0 Å². The second-order valence-corrected chi connectivity index (χ2v) is 7.90. The summed E-state index contributed by atoms with van der Waals surface area (Å²) in [4.78, 5) is 42.0. The molecule has 0 N–H and O–H groups in total. The molecule has 152 valence electrons. The summed E-state index contributed by atoms with van der Waals surface area (Å²) in [5, 5.41) is 0. The third-order valence-corrected chi connectivity index (χ3v) is 5.95. The average molecular weight is 420 g/mol. The quantitative estimate of drug-likeness (QED) is 0.592. The first-order chi connectivity index (χ1) is 14.7. The number of aromatic nitrogens is 3. The number of carbonyl (C=O) groups excluding carboxylic acids is 2. The summed E-state index contributed by atoms with van der Waals surface area (Å²) >= 11 is 1.71. The van der Waals surface area contributed by atoms with E-state index in [-0.39, 0.29) is 11.8 Å². The van der Waals surface area contributed by atoms with Crippen LogP contribution in [0.5, 0.6) is 0 Å². The number of carbonyl (C=O) groups is 2. The van der Waals surface area contributed by atoms with Crippen LogP contribution in [-0.2, 0) is 5.75 Å². The first-order valence-electron chi connectivity index (χ1n) is 9.67. The lowest BCUT2D eigenvalue weighted by molar-refractivity contribution is 0.0532. The Bertz CT molecular complexity index is 991. The number of thioether (sulfide) groups is 1. The molecule has 1 aromatic carbocycles. The summed E-state index contributed by atoms with van der Waals surface area (Å²) in [5.74, 6) is 0.679. The minimum absolute atomic E-state index is 0.00888. The van der Waals surface area contributed by atoms with Crippen LogP contribution in [-0.4, -0.2) is 62.7 Å². The summed E-state index contributed by atoms with van der Waals surface area (Å²) in [6, 6.07) is 11.7. The zero-order valence-corrected chi connectivity index (χ0v) is 17.2. The molecule has 0 atom stereocenters. The number of rotatable bonds is 5. The molecule has 0 radical (unpaired) electrons. The van der Waals surface area contributed by atoms with Gasteiger partial charge in [-0.05, 0) is 35.9 Å². The van der Waals surface area contributed by atoms with E-state index in [9.17, 15) is 9.59 Å². The largest absolute Gasteiger partial charge is 0.335 e. The van der Waals surface area contributed by atoms with Crippen molar-refractivity contribution in [1.29, 1.82) is 0 Å². The van der Waals surface area contributed by atoms with Crippen LogP contribution in [0.15, 0.2) is 72.3 Å². The van der Waals surface area contributed by atoms with E-state index in [4.69, 9.17) is 0 Å². The Morgan fingerprint density at radius 3 is 2.17 bits per heavy atom. The molecule has 1 aliphatic heterocycles. The zero-order chi connectivity index (χ0) is 20.8. The minimum Gasteiger partial charge on any atom is -0.335 e. The summed E-state index contributed by atoms with van der Waals surface area (Å²) < 4.78 is 0. The second kappa shape index (κ2) is 9.49. The van der Waals surface area contributed by atoms with Crippen LogP contribution in [0.2, 0.25) is 0 Å². The highest BCUT2D eigenvalue weighted by Gasteiger charge is 2.26. The summed E-state index contributed by atoms with van der Waals surface area (Å²) in [5.41, 5.74) is 2.16. The van der Waals surface area contributed by atoms with Crippen LogP contribution in [0.25, 0.3) is 0 Å². The Balaban J connectivity index is 1.30. The molecule has 0 saturated carbocycles. The van der Waals surface area contributed by atoms with Crippen molar-refractivity contribution in [2.45, 2.75) is 10.6 Å². The minimum atomic E-state index is -0.148. The van der Waals surface area contributed by atoms with Gasteiger partial charge < -0.3 is 9.80 Å². The van der Waals surface area contributed by atoms with Crippen LogP contribution >= 0.6 is 11.8 Å². The highest BCUT2D eigenvalue weighted by molar-refractivity contribution is 7.98. The second-order valence-electron chi connectivity index (χ2n) is 6.85. The molecule has 8 heteroatoms. The molecule has 1 fully saturated rings. The Morgan fingerprint density at radius 2 is 1.53 bits per heavy atom. The van der Waals surface area contributed by atoms with E-state index in [1.165, 1.54) is 18.6 Å². The van der Waals surface area contributed by atoms with Gasteiger partial charge in [-0.2, -0.15) is 0 Å². The Hall–Kier alpha value is -3.26. The maximum atomic E-state index is 12.8. The molecule has 30 heavy (non-hydrogen) atoms. The number of hydrogen-bond donors (Lipinski definition) is 0. The highest BCUT2D eigenvalue weighted by atomic mass is 32.2. The monoisotopic (exact) mass is 419 g/mol. The fourth-order valence-electron chi connectivity index (χ4n) is 3.21. The van der Waals surface area contributed by atoms with Crippen molar-refractivity contribution in [3.05, 3.63) is 84.2 Å². The number of benzene rings is 1. The third kappa shape index (κ3) is 4.83. The predicted octanol–water partition coefficient (Wildman–Crippen LogP) is 2.76. The number of amides is 2. The normalized spacial score (nSPS) is 13.9. The van der Waals surface area contributed by atoms with Crippen LogP contribution in [0, 0.1) is 0 Å². The van der Waals surface area contributed by atoms with E-state index in [1.54, 1.807) is 27.8 Å². The molecule has 4 rings (SSSR count). The molecule has 3 aromatic rings. The van der Waals surface area contributed by atoms with Gasteiger partial charge in [0.1, 0.15) is 5.69 Å². The number of nitrogens with zero attached hydrogens (tertiary/aromatic N) is 5. The molecule has 3 heterocycles. The highest BCUT2D eigenvalue weighted by Crippen LogP contribution is 2.23. The van der Waals surface area contributed by atoms with Crippen molar-refractivity contribution in [2.75, 3.05) is 26.2 Å². The molecule has 2 aromatic heterocycles. The summed E-state index contributed by atoms with van der Waals surface area (Å²) in [6.45, 7) is 1.98. The lowest BCUT2D eigenvalue weighted by Crippen LogP contribution is -2.50. The zero-order valence-electron chi connectivity index (χ0n) is 16.3. The molecule has 1 saturated heterocycles. The van der Waals surface area contributed by atoms with Gasteiger partial charge in [0.15, 0.2) is 0 Å². The molecule has 0 bridgehead atoms. The Kier molecular flexibility index (Phi) is 6.34. The Labute approximate surface area is 179 Å². The van der Waals surface area contributed by atoms with E-state index in [1.807, 2.05) is 42.6 Å². The predicted molar refractivity (Wildman–Crippen MR) is 114 cm³/mol. The first-order valence-corrected chi connectivity index (χ1v) is 10.7. The van der Waals surface area contributed by atoms with Crippen molar-refractivity contribution in [3.8, 4) is 0 Å². The van der Waals surface area contributed by atoms with E-state index in [0.717, 1.165) is 16.2 Å². The molecule has 2 amide bonds. The summed E-state index contributed by atoms with van der Waals surface area (Å²) in [7, 11) is 0. The van der Waals surface area contributed by atoms with Gasteiger partial charge in [-0.25, -0.2) is 4.98 Å². The molecular formula is C22H21N5O2S. The number of hydrogen-bond acceptors (Lipinski definition) is 6. The van der Waals surface area contributed by atoms with Crippen molar-refractivity contribution in [3.63, 3.8) is 0 Å². The van der Waals surface area contributed by atoms with Crippen LogP contribution < -0.4 is 0 Å². The molecule has 0 unspecified atom stereocenters. The lowest BCUT2D eigenvalue weighted by atomic mass is 10.2. The lowest BCUT2D eigenvalue weighted by Gasteiger charge is -2.34. The van der Waals surface area contributed by atoms with Crippen LogP contribution in [0.4, 0.5) is 0 Å². The first kappa shape index (κ1) is 20.0. The van der Waals surface area contributed by atoms with Crippen molar-refractivity contribution in [2.24, 2.45) is 0 Å². The van der Waals surface area contributed by atoms with E-state index in [2.05, 4.69) is 15.0 Å². The van der Waals surface area contributed by atoms with E-state index < -0.39 is 0 Å². The van der Waals surface area contributed by atoms with Crippen molar-refractivity contribution < 1.29 is 9.59 Å². The Morgan fingerprint density at radius 1 is 0.833 bits per heavy atom. The van der Waals surface area contributed by atoms with E-state index in [0.29, 0.717) is 37.4 Å². The SMILES string of the molecule is O=C(c1ccc(SCc2cccnc2)cc1)N1CCN(C(=O)c2cnccn2)CC1. The van der Waals surface area contributed by atoms with Gasteiger partial charge in [-0.3, -0.25) is 19.6 Å².